The van der Waals surface area contributed by atoms with Gasteiger partial charge in [0.15, 0.2) is 11.5 Å². The Kier molecular flexibility index (Phi) is 5.26. The Bertz CT molecular complexity index is 1060. The minimum atomic E-state index is -0.386. The standard InChI is InChI=1S/C21H20FN3O5/c1-27-16-9-15(10-17(28-2)19(16)29-3)25-11-13(8-18(25)26)21-23-20(24-30-21)12-5-4-6-14(22)7-12/h4-7,9-10,13H,8,11H2,1-3H3. The Morgan fingerprint density at radius 2 is 1.83 bits per heavy atom. The second kappa shape index (κ2) is 8.02. The Labute approximate surface area is 172 Å². The van der Waals surface area contributed by atoms with Gasteiger partial charge in [0.05, 0.1) is 32.9 Å². The average Bonchev–Trinajstić information content (AvgIpc) is 3.39. The van der Waals surface area contributed by atoms with Crippen molar-refractivity contribution in [2.24, 2.45) is 0 Å². The molecule has 30 heavy (non-hydrogen) atoms. The lowest BCUT2D eigenvalue weighted by Gasteiger charge is -2.20. The number of nitrogens with zero attached hydrogens (tertiary/aromatic N) is 3. The molecule has 0 radical (unpaired) electrons. The van der Waals surface area contributed by atoms with Crippen LogP contribution >= 0.6 is 0 Å². The third kappa shape index (κ3) is 3.54. The Morgan fingerprint density at radius 3 is 2.47 bits per heavy atom. The molecule has 0 aliphatic carbocycles. The lowest BCUT2D eigenvalue weighted by Crippen LogP contribution is -2.24. The van der Waals surface area contributed by atoms with Crippen molar-refractivity contribution in [2.75, 3.05) is 32.8 Å². The molecule has 2 aromatic carbocycles. The van der Waals surface area contributed by atoms with Crippen LogP contribution in [0.15, 0.2) is 40.9 Å². The summed E-state index contributed by atoms with van der Waals surface area (Å²) in [5, 5.41) is 3.93. The van der Waals surface area contributed by atoms with Gasteiger partial charge in [-0.05, 0) is 12.1 Å². The molecule has 9 heteroatoms. The maximum absolute atomic E-state index is 13.5. The number of aromatic nitrogens is 2. The van der Waals surface area contributed by atoms with E-state index in [1.165, 1.54) is 33.5 Å². The molecule has 1 aromatic heterocycles. The molecule has 1 saturated heterocycles. The normalized spacial score (nSPS) is 16.1. The lowest BCUT2D eigenvalue weighted by molar-refractivity contribution is -0.117. The van der Waals surface area contributed by atoms with E-state index < -0.39 is 0 Å². The lowest BCUT2D eigenvalue weighted by atomic mass is 10.1. The molecule has 0 N–H and O–H groups in total. The van der Waals surface area contributed by atoms with Crippen molar-refractivity contribution in [1.29, 1.82) is 0 Å². The first-order chi connectivity index (χ1) is 14.5. The maximum atomic E-state index is 13.5. The number of halogens is 1. The van der Waals surface area contributed by atoms with Crippen LogP contribution in [0.4, 0.5) is 10.1 Å². The summed E-state index contributed by atoms with van der Waals surface area (Å²) in [6.07, 6.45) is 0.210. The van der Waals surface area contributed by atoms with Crippen molar-refractivity contribution in [3.05, 3.63) is 48.1 Å². The van der Waals surface area contributed by atoms with Crippen LogP contribution in [0.5, 0.6) is 17.2 Å². The zero-order valence-corrected chi connectivity index (χ0v) is 16.7. The van der Waals surface area contributed by atoms with Gasteiger partial charge in [-0.3, -0.25) is 4.79 Å². The van der Waals surface area contributed by atoms with Gasteiger partial charge in [-0.15, -0.1) is 0 Å². The molecule has 0 bridgehead atoms. The van der Waals surface area contributed by atoms with Gasteiger partial charge in [-0.1, -0.05) is 17.3 Å². The minimum absolute atomic E-state index is 0.0974. The summed E-state index contributed by atoms with van der Waals surface area (Å²) >= 11 is 0. The fourth-order valence-corrected chi connectivity index (χ4v) is 3.49. The molecule has 1 fully saturated rings. The van der Waals surface area contributed by atoms with Gasteiger partial charge < -0.3 is 23.6 Å². The third-order valence-corrected chi connectivity index (χ3v) is 4.96. The topological polar surface area (TPSA) is 86.9 Å². The van der Waals surface area contributed by atoms with E-state index in [9.17, 15) is 9.18 Å². The van der Waals surface area contributed by atoms with Gasteiger partial charge in [0.2, 0.25) is 23.4 Å². The largest absolute Gasteiger partial charge is 0.493 e. The molecule has 0 saturated carbocycles. The fraction of sp³-hybridized carbons (Fsp3) is 0.286. The van der Waals surface area contributed by atoms with Gasteiger partial charge in [-0.2, -0.15) is 4.98 Å². The monoisotopic (exact) mass is 413 g/mol. The van der Waals surface area contributed by atoms with E-state index in [2.05, 4.69) is 10.1 Å². The Hall–Kier alpha value is -3.62. The third-order valence-electron chi connectivity index (χ3n) is 4.96. The summed E-state index contributed by atoms with van der Waals surface area (Å²) in [4.78, 5) is 18.7. The number of carbonyl (C=O) groups excluding carboxylic acids is 1. The molecule has 0 spiro atoms. The van der Waals surface area contributed by atoms with Crippen LogP contribution in [0.3, 0.4) is 0 Å². The van der Waals surface area contributed by atoms with Gasteiger partial charge in [0.1, 0.15) is 5.82 Å². The smallest absolute Gasteiger partial charge is 0.232 e. The molecule has 4 rings (SSSR count). The van der Waals surface area contributed by atoms with Gasteiger partial charge in [-0.25, -0.2) is 4.39 Å². The molecule has 156 valence electrons. The van der Waals surface area contributed by atoms with Crippen molar-refractivity contribution in [3.8, 4) is 28.6 Å². The molecule has 2 heterocycles. The highest BCUT2D eigenvalue weighted by atomic mass is 19.1. The van der Waals surface area contributed by atoms with E-state index >= 15 is 0 Å². The summed E-state index contributed by atoms with van der Waals surface area (Å²) in [5.41, 5.74) is 1.12. The van der Waals surface area contributed by atoms with E-state index in [1.807, 2.05) is 0 Å². The predicted octanol–water partition coefficient (Wildman–Crippen LogP) is 3.42. The number of carbonyl (C=O) groups is 1. The fourth-order valence-electron chi connectivity index (χ4n) is 3.49. The zero-order chi connectivity index (χ0) is 21.3. The summed E-state index contributed by atoms with van der Waals surface area (Å²) in [5.74, 6) is 1.20. The number of methoxy groups -OCH3 is 3. The molecule has 3 aromatic rings. The number of anilines is 1. The molecule has 8 nitrogen and oxygen atoms in total. The van der Waals surface area contributed by atoms with E-state index in [1.54, 1.807) is 29.2 Å². The quantitative estimate of drug-likeness (QED) is 0.612. The zero-order valence-electron chi connectivity index (χ0n) is 16.7. The Balaban J connectivity index is 1.60. The van der Waals surface area contributed by atoms with Crippen LogP contribution in [-0.4, -0.2) is 43.9 Å². The van der Waals surface area contributed by atoms with Crippen LogP contribution in [0.2, 0.25) is 0 Å². The number of hydrogen-bond donors (Lipinski definition) is 0. The first kappa shape index (κ1) is 19.7. The SMILES string of the molecule is COc1cc(N2CC(c3nc(-c4cccc(F)c4)no3)CC2=O)cc(OC)c1OC. The first-order valence-electron chi connectivity index (χ1n) is 9.24. The molecule has 1 aliphatic rings. The van der Waals surface area contributed by atoms with Crippen molar-refractivity contribution in [2.45, 2.75) is 12.3 Å². The highest BCUT2D eigenvalue weighted by Crippen LogP contribution is 2.43. The molecule has 1 atom stereocenters. The van der Waals surface area contributed by atoms with Crippen molar-refractivity contribution >= 4 is 11.6 Å². The number of rotatable bonds is 6. The molecular formula is C21H20FN3O5. The number of hydrogen-bond acceptors (Lipinski definition) is 7. The summed E-state index contributed by atoms with van der Waals surface area (Å²) < 4.78 is 34.9. The van der Waals surface area contributed by atoms with E-state index in [4.69, 9.17) is 18.7 Å². The van der Waals surface area contributed by atoms with Crippen LogP contribution < -0.4 is 19.1 Å². The second-order valence-electron chi connectivity index (χ2n) is 6.76. The Morgan fingerprint density at radius 1 is 1.10 bits per heavy atom. The van der Waals surface area contributed by atoms with E-state index in [0.29, 0.717) is 40.9 Å². The summed E-state index contributed by atoms with van der Waals surface area (Å²) in [7, 11) is 4.55. The molecule has 1 unspecified atom stereocenters. The molecule has 1 aliphatic heterocycles. The van der Waals surface area contributed by atoms with Gasteiger partial charge in [0.25, 0.3) is 0 Å². The van der Waals surface area contributed by atoms with Crippen molar-refractivity contribution < 1.29 is 27.9 Å². The van der Waals surface area contributed by atoms with Gasteiger partial charge in [0, 0.05) is 30.7 Å². The minimum Gasteiger partial charge on any atom is -0.493 e. The predicted molar refractivity (Wildman–Crippen MR) is 106 cm³/mol. The van der Waals surface area contributed by atoms with Crippen LogP contribution in [0.1, 0.15) is 18.2 Å². The molecular weight excluding hydrogens is 393 g/mol. The average molecular weight is 413 g/mol. The number of ether oxygens (including phenoxy) is 3. The maximum Gasteiger partial charge on any atom is 0.232 e. The van der Waals surface area contributed by atoms with E-state index in [0.717, 1.165) is 0 Å². The first-order valence-corrected chi connectivity index (χ1v) is 9.24. The highest BCUT2D eigenvalue weighted by molar-refractivity contribution is 5.97. The van der Waals surface area contributed by atoms with Crippen LogP contribution in [0.25, 0.3) is 11.4 Å². The number of amides is 1. The highest BCUT2D eigenvalue weighted by Gasteiger charge is 2.36. The summed E-state index contributed by atoms with van der Waals surface area (Å²) in [6.45, 7) is 0.349. The summed E-state index contributed by atoms with van der Waals surface area (Å²) in [6, 6.07) is 9.37. The van der Waals surface area contributed by atoms with E-state index in [-0.39, 0.29) is 29.9 Å². The second-order valence-corrected chi connectivity index (χ2v) is 6.76. The molecule has 1 amide bonds. The number of benzene rings is 2. The van der Waals surface area contributed by atoms with Gasteiger partial charge >= 0.3 is 0 Å². The van der Waals surface area contributed by atoms with Crippen molar-refractivity contribution in [1.82, 2.24) is 10.1 Å². The van der Waals surface area contributed by atoms with Crippen LogP contribution in [-0.2, 0) is 4.79 Å². The van der Waals surface area contributed by atoms with Crippen LogP contribution in [0, 0.1) is 5.82 Å². The van der Waals surface area contributed by atoms with Crippen molar-refractivity contribution in [3.63, 3.8) is 0 Å².